The summed E-state index contributed by atoms with van der Waals surface area (Å²) in [6.45, 7) is 42.8. The number of aliphatic hydroxyl groups is 3. The number of carbonyl (C=O) groups is 3. The summed E-state index contributed by atoms with van der Waals surface area (Å²) in [5, 5.41) is 79.3. The molecule has 10 aromatic rings. The quantitative estimate of drug-likeness (QED) is 0.0292. The molecule has 5 aliphatic heterocycles. The van der Waals surface area contributed by atoms with Crippen LogP contribution in [0.1, 0.15) is 148 Å². The molecule has 8 N–H and O–H groups in total. The maximum Gasteiger partial charge on any atom is 0.496 e. The number of alkyl carbamates (subject to hydrolysis) is 3. The van der Waals surface area contributed by atoms with Crippen molar-refractivity contribution in [3.63, 3.8) is 0 Å². The Hall–Kier alpha value is -11.4. The number of hydrogen-bond donors (Lipinski definition) is 7. The summed E-state index contributed by atoms with van der Waals surface area (Å²) in [5.41, 5.74) is 8.77. The number of aromatic nitrogens is 10. The predicted octanol–water partition coefficient (Wildman–Crippen LogP) is 12.9. The van der Waals surface area contributed by atoms with Crippen LogP contribution in [0.25, 0.3) is 38.8 Å². The highest BCUT2D eigenvalue weighted by Crippen LogP contribution is 2.51. The van der Waals surface area contributed by atoms with Gasteiger partial charge in [0.15, 0.2) is 0 Å². The Morgan fingerprint density at radius 2 is 0.750 bits per heavy atom. The van der Waals surface area contributed by atoms with E-state index in [9.17, 15) is 40.2 Å². The number of fused-ring (bicyclic) bond motifs is 7. The third-order valence-corrected chi connectivity index (χ3v) is 26.2. The molecule has 9 fully saturated rings. The van der Waals surface area contributed by atoms with Gasteiger partial charge < -0.3 is 94.3 Å². The molecule has 10 aromatic heterocycles. The van der Waals surface area contributed by atoms with Crippen molar-refractivity contribution in [2.45, 2.75) is 201 Å². The van der Waals surface area contributed by atoms with Gasteiger partial charge in [-0.2, -0.15) is 31.1 Å². The van der Waals surface area contributed by atoms with E-state index in [4.69, 9.17) is 53.7 Å². The van der Waals surface area contributed by atoms with E-state index in [0.717, 1.165) is 112 Å². The molecule has 12 atom stereocenters. The molecular weight excluding hydrogens is 1890 g/mol. The normalized spacial score (nSPS) is 22.7. The van der Waals surface area contributed by atoms with Crippen LogP contribution in [0.5, 0.6) is 17.2 Å². The van der Waals surface area contributed by atoms with E-state index in [1.165, 1.54) is 12.4 Å². The molecule has 39 heteroatoms. The van der Waals surface area contributed by atoms with Gasteiger partial charge in [-0.15, -0.1) is 12.4 Å². The average molecular weight is 2010 g/mol. The Balaban J connectivity index is 0.000000139. The Bertz CT molecular complexity index is 6080. The van der Waals surface area contributed by atoms with Crippen LogP contribution >= 0.6 is 44.3 Å². The van der Waals surface area contributed by atoms with Gasteiger partial charge in [-0.3, -0.25) is 0 Å². The predicted molar refractivity (Wildman–Crippen MR) is 523 cm³/mol. The van der Waals surface area contributed by atoms with Crippen LogP contribution in [-0.2, 0) is 23.5 Å². The summed E-state index contributed by atoms with van der Waals surface area (Å²) in [4.78, 5) is 63.3. The van der Waals surface area contributed by atoms with Crippen molar-refractivity contribution in [3.05, 3.63) is 154 Å². The number of nitrogens with one attached hydrogen (secondary N) is 3. The molecule has 722 valence electrons. The van der Waals surface area contributed by atoms with E-state index in [0.29, 0.717) is 104 Å². The molecule has 0 bridgehead atoms. The van der Waals surface area contributed by atoms with Crippen molar-refractivity contribution in [1.29, 1.82) is 15.8 Å². The molecule has 3 amide bonds. The molecule has 4 saturated carbocycles. The van der Waals surface area contributed by atoms with E-state index in [1.807, 2.05) is 169 Å². The van der Waals surface area contributed by atoms with Crippen LogP contribution in [0.2, 0.25) is 0 Å². The first-order valence-electron chi connectivity index (χ1n) is 45.4. The number of nitrogens with zero attached hydrogens (tertiary/aromatic N) is 17. The first-order valence-corrected chi connectivity index (χ1v) is 47.0. The van der Waals surface area contributed by atoms with Gasteiger partial charge >= 0.3 is 25.4 Å². The number of rotatable bonds is 19. The Morgan fingerprint density at radius 3 is 1.04 bits per heavy atom. The molecule has 136 heavy (non-hydrogen) atoms. The zero-order valence-electron chi connectivity index (χ0n) is 80.1. The Morgan fingerprint density at radius 1 is 0.449 bits per heavy atom. The first kappa shape index (κ1) is 101. The second kappa shape index (κ2) is 38.9. The number of amides is 3. The molecule has 0 radical (unpaired) electrons. The largest absolute Gasteiger partial charge is 0.496 e. The van der Waals surface area contributed by atoms with Gasteiger partial charge in [0.05, 0.1) is 98.4 Å². The summed E-state index contributed by atoms with van der Waals surface area (Å²) in [7, 11) is -0.393. The minimum Gasteiger partial charge on any atom is -0.489 e. The monoisotopic (exact) mass is 2010 g/mol. The number of nitriles is 3. The fourth-order valence-corrected chi connectivity index (χ4v) is 18.4. The summed E-state index contributed by atoms with van der Waals surface area (Å²) >= 11 is 6.78. The van der Waals surface area contributed by atoms with E-state index in [2.05, 4.69) is 116 Å². The fraction of sp³-hybridized carbons (Fsp3) is 0.515. The van der Waals surface area contributed by atoms with Gasteiger partial charge in [0.2, 0.25) is 0 Å². The molecule has 35 nitrogen and oxygen atoms in total. The van der Waals surface area contributed by atoms with Gasteiger partial charge in [0.25, 0.3) is 0 Å². The Labute approximate surface area is 815 Å². The fourth-order valence-electron chi connectivity index (χ4n) is 17.5. The maximum atomic E-state index is 12.1. The van der Waals surface area contributed by atoms with E-state index in [1.54, 1.807) is 92.1 Å². The number of halogens is 3. The zero-order chi connectivity index (χ0) is 97.3. The van der Waals surface area contributed by atoms with Crippen molar-refractivity contribution >= 4 is 115 Å². The van der Waals surface area contributed by atoms with Crippen LogP contribution in [0.4, 0.5) is 37.7 Å². The number of ether oxygens (including phenoxy) is 6. The van der Waals surface area contributed by atoms with Crippen LogP contribution in [0.3, 0.4) is 0 Å². The summed E-state index contributed by atoms with van der Waals surface area (Å²) in [6.07, 6.45) is 15.9. The third kappa shape index (κ3) is 24.2. The smallest absolute Gasteiger partial charge is 0.489 e. The number of pyridine rings is 7. The minimum atomic E-state index is -0.988. The average Bonchev–Trinajstić information content (AvgIpc) is 1.59. The van der Waals surface area contributed by atoms with Gasteiger partial charge in [0.1, 0.15) is 95.4 Å². The van der Waals surface area contributed by atoms with Gasteiger partial charge in [-0.1, -0.05) is 6.07 Å². The number of carbonyl (C=O) groups excluding carboxylic acids is 3. The molecule has 19 rings (SSSR count). The van der Waals surface area contributed by atoms with Crippen molar-refractivity contribution in [1.82, 2.24) is 64.7 Å². The third-order valence-electron chi connectivity index (χ3n) is 25.2. The highest BCUT2D eigenvalue weighted by Gasteiger charge is 2.60. The second-order valence-corrected chi connectivity index (χ2v) is 43.9. The lowest BCUT2D eigenvalue weighted by atomic mass is 9.80. The SMILES string of the molecule is CC(C)(C)OC(=O)NC1[C@H]2CN(c3ccc(B4OC(C)(C)C(C)(C)O4)cn3)C[C@@H]12.CC(C)(C)OC(=O)NC1[C@H]2CN(c3ccc(Br)cn3)C[C@@H]12.CC(C)(O)COc1cc(-c2ccc(N3C[C@@H]4C(N)[C@@H]4C3)nc2)c2c(C#N)cnn2c1.CC(C)(O)COc1cc(-c2ccc(N3C[C@@H]4C(NC(=O)OC(C)(C)C)[C@@H]4C3)nc2)c2c(C#N)cnn2c1.CC(C)(O)COc1cc(Br)c2c(C#N)cnn2c1.Cl. The summed E-state index contributed by atoms with van der Waals surface area (Å²) in [6, 6.07) is 29.0. The topological polar surface area (TPSA) is 436 Å². The molecule has 15 heterocycles. The lowest BCUT2D eigenvalue weighted by Gasteiger charge is -2.32. The lowest BCUT2D eigenvalue weighted by Crippen LogP contribution is -2.41. The molecule has 4 unspecified atom stereocenters. The summed E-state index contributed by atoms with van der Waals surface area (Å²) < 4.78 is 51.8. The van der Waals surface area contributed by atoms with Crippen molar-refractivity contribution in [2.24, 2.45) is 53.1 Å². The number of hydrogen-bond acceptors (Lipinski definition) is 29. The van der Waals surface area contributed by atoms with Gasteiger partial charge in [0, 0.05) is 173 Å². The van der Waals surface area contributed by atoms with Crippen LogP contribution in [-0.4, -0.2) is 231 Å². The lowest BCUT2D eigenvalue weighted by molar-refractivity contribution is 0.00578. The maximum absolute atomic E-state index is 12.1. The van der Waals surface area contributed by atoms with Gasteiger partial charge in [-0.05, 0) is 236 Å². The molecular formula is C97H121BBr2ClN21O14. The van der Waals surface area contributed by atoms with E-state index >= 15 is 0 Å². The molecule has 0 aromatic carbocycles. The first-order chi connectivity index (χ1) is 63.3. The second-order valence-electron chi connectivity index (χ2n) is 42.1. The van der Waals surface area contributed by atoms with Crippen molar-refractivity contribution in [2.75, 3.05) is 91.8 Å². The number of nitrogens with two attached hydrogens (primary N) is 1. The zero-order valence-corrected chi connectivity index (χ0v) is 84.1. The van der Waals surface area contributed by atoms with Gasteiger partial charge in [-0.25, -0.2) is 47.9 Å². The highest BCUT2D eigenvalue weighted by molar-refractivity contribution is 9.11. The van der Waals surface area contributed by atoms with Crippen molar-refractivity contribution < 1.29 is 67.4 Å². The summed E-state index contributed by atoms with van der Waals surface area (Å²) in [5.74, 6) is 9.37. The molecule has 9 aliphatic rings. The van der Waals surface area contributed by atoms with Crippen molar-refractivity contribution in [3.8, 4) is 57.7 Å². The van der Waals surface area contributed by atoms with E-state index in [-0.39, 0.29) is 79.8 Å². The standard InChI is InChI=1S/C27H32N6O4.C22H24N6O2.C21H32BN3O4.C15H20BrN3O2.C12H12BrN3O2.ClH/c1-26(2,3)37-25(34)31-23-20-13-32(14-21(20)23)22-7-6-16(10-29-22)19-8-18(36-15-27(4,5)35)12-33-24(19)17(9-28)11-30-33;1-22(2,29)12-30-15-5-16(21-14(6-23)8-26-28(21)9-15)13-3-4-19(25-7-13)27-10-17-18(11-27)20(17)24;1-19(2,3)27-18(26)24-17-14-11-25(12-15(14)17)16-9-8-13(10-23-16)22-28-20(4,5)21(6,7)29-22;1-15(2,3)21-14(20)18-13-10-7-19(8-11(10)13)12-5-4-9(16)6-17-12;1-12(2,17)7-18-9-3-10(13)11-8(4-14)5-15-16(11)6-9;/h6-8,10-12,20-21,23,35H,13-15H2,1-5H3,(H,31,34);3-5,7-9,17-18,20,29H,10-12,24H2,1-2H3;8-10,14-15,17H,11-12H2,1-7H3,(H,24,26);4-6,10-11,13H,7-8H2,1-3H3,(H,18,20);3,5-6,17H,7H2,1-2H3;1H/t20-,21+,23?;17-,18+,20?;14-,15+,17?;10-,11+,13?;;. The van der Waals surface area contributed by atoms with E-state index < -0.39 is 40.7 Å². The number of anilines is 4. The molecule has 4 aliphatic carbocycles. The number of piperidine rings is 4. The molecule has 5 saturated heterocycles. The van der Waals surface area contributed by atoms with Crippen LogP contribution in [0.15, 0.2) is 138 Å². The minimum absolute atomic E-state index is 0. The van der Waals surface area contributed by atoms with Crippen LogP contribution < -0.4 is 61.0 Å². The Kier molecular flexibility index (Phi) is 28.8. The molecule has 0 spiro atoms. The van der Waals surface area contributed by atoms with Crippen LogP contribution in [0, 0.1) is 81.3 Å². The highest BCUT2D eigenvalue weighted by atomic mass is 79.9.